The summed E-state index contributed by atoms with van der Waals surface area (Å²) in [6.07, 6.45) is 0. The Kier molecular flexibility index (Phi) is 11.4. The fourth-order valence-corrected chi connectivity index (χ4v) is 11.6. The van der Waals surface area contributed by atoms with Gasteiger partial charge in [-0.05, 0) is 173 Å². The Bertz CT molecular complexity index is 4020. The van der Waals surface area contributed by atoms with Crippen LogP contribution in [0.2, 0.25) is 0 Å². The standard InChI is InChI=1S/C72H52N2O2/c1-45-16-5-9-26-59(45)49-30-34-67-63(41-49)64-42-50(60-27-10-6-17-46(60)2)31-35-68(64)73(67)57-24-14-22-55(39-57)71(75)53-20-13-21-54(38-53)72(76)56-23-15-25-58(40-56)74-69-36-32-51(61-28-11-7-18-47(61)3)43-65(69)66-44-52(33-37-70(66)74)62-29-12-8-19-48(62)4/h5-44H,1-4H3. The lowest BCUT2D eigenvalue weighted by molar-refractivity contribution is 0.103. The molecule has 13 aromatic rings. The van der Waals surface area contributed by atoms with E-state index in [1.807, 2.05) is 42.5 Å². The summed E-state index contributed by atoms with van der Waals surface area (Å²) in [6.45, 7) is 8.62. The molecule has 2 heterocycles. The molecule has 76 heavy (non-hydrogen) atoms. The minimum absolute atomic E-state index is 0.157. The van der Waals surface area contributed by atoms with Crippen molar-refractivity contribution in [3.05, 3.63) is 287 Å². The number of rotatable bonds is 10. The van der Waals surface area contributed by atoms with E-state index in [9.17, 15) is 9.59 Å². The lowest BCUT2D eigenvalue weighted by atomic mass is 9.97. The molecule has 0 saturated heterocycles. The molecular formula is C72H52N2O2. The van der Waals surface area contributed by atoms with Crippen molar-refractivity contribution in [2.24, 2.45) is 0 Å². The summed E-state index contributed by atoms with van der Waals surface area (Å²) >= 11 is 0. The molecule has 0 atom stereocenters. The molecule has 0 aliphatic heterocycles. The maximum Gasteiger partial charge on any atom is 0.193 e. The third-order valence-electron chi connectivity index (χ3n) is 15.5. The SMILES string of the molecule is Cc1ccccc1-c1ccc2c(c1)c1cc(-c3ccccc3C)ccc1n2-c1cccc(C(=O)c2cccc(C(=O)c3cccc(-n4c5ccc(-c6ccccc6C)cc5c5cc(-c6ccccc6C)ccc54)c3)c2)c1. The van der Waals surface area contributed by atoms with E-state index in [0.29, 0.717) is 22.3 Å². The number of aromatic nitrogens is 2. The van der Waals surface area contributed by atoms with Crippen LogP contribution < -0.4 is 0 Å². The van der Waals surface area contributed by atoms with Gasteiger partial charge in [-0.25, -0.2) is 0 Å². The summed E-state index contributed by atoms with van der Waals surface area (Å²) in [6, 6.07) is 83.7. The van der Waals surface area contributed by atoms with Crippen molar-refractivity contribution in [1.82, 2.24) is 9.13 Å². The van der Waals surface area contributed by atoms with E-state index in [0.717, 1.165) is 77.2 Å². The van der Waals surface area contributed by atoms with Crippen LogP contribution >= 0.6 is 0 Å². The summed E-state index contributed by atoms with van der Waals surface area (Å²) in [5.41, 5.74) is 22.2. The van der Waals surface area contributed by atoms with Crippen molar-refractivity contribution in [1.29, 1.82) is 0 Å². The van der Waals surface area contributed by atoms with E-state index in [-0.39, 0.29) is 11.6 Å². The van der Waals surface area contributed by atoms with E-state index in [2.05, 4.69) is 219 Å². The largest absolute Gasteiger partial charge is 0.309 e. The van der Waals surface area contributed by atoms with Gasteiger partial charge in [0.05, 0.1) is 22.1 Å². The zero-order valence-corrected chi connectivity index (χ0v) is 42.8. The fraction of sp³-hybridized carbons (Fsp3) is 0.0556. The number of ketones is 2. The predicted molar refractivity (Wildman–Crippen MR) is 316 cm³/mol. The molecule has 0 N–H and O–H groups in total. The molecule has 0 amide bonds. The first-order valence-corrected chi connectivity index (χ1v) is 26.0. The molecule has 0 aliphatic carbocycles. The van der Waals surface area contributed by atoms with Gasteiger partial charge < -0.3 is 9.13 Å². The van der Waals surface area contributed by atoms with Crippen LogP contribution in [0.25, 0.3) is 99.5 Å². The minimum Gasteiger partial charge on any atom is -0.309 e. The highest BCUT2D eigenvalue weighted by atomic mass is 16.1. The summed E-state index contributed by atoms with van der Waals surface area (Å²) in [5.74, 6) is -0.315. The van der Waals surface area contributed by atoms with Crippen LogP contribution in [0.1, 0.15) is 54.1 Å². The lowest BCUT2D eigenvalue weighted by Gasteiger charge is -2.12. The van der Waals surface area contributed by atoms with Gasteiger partial charge in [-0.15, -0.1) is 0 Å². The number of hydrogen-bond acceptors (Lipinski definition) is 2. The molecule has 0 spiro atoms. The van der Waals surface area contributed by atoms with Crippen molar-refractivity contribution in [2.75, 3.05) is 0 Å². The monoisotopic (exact) mass is 976 g/mol. The number of carbonyl (C=O) groups excluding carboxylic acids is 2. The number of benzene rings is 11. The highest BCUT2D eigenvalue weighted by Crippen LogP contribution is 2.41. The molecule has 0 radical (unpaired) electrons. The average Bonchev–Trinajstić information content (AvgIpc) is 3.97. The Morgan fingerprint density at radius 1 is 0.263 bits per heavy atom. The highest BCUT2D eigenvalue weighted by Gasteiger charge is 2.21. The number of hydrogen-bond donors (Lipinski definition) is 0. The Balaban J connectivity index is 0.859. The smallest absolute Gasteiger partial charge is 0.193 e. The molecule has 13 rings (SSSR count). The van der Waals surface area contributed by atoms with E-state index in [1.54, 1.807) is 18.2 Å². The Morgan fingerprint density at radius 2 is 0.526 bits per heavy atom. The molecule has 362 valence electrons. The van der Waals surface area contributed by atoms with Crippen LogP contribution in [0.15, 0.2) is 243 Å². The highest BCUT2D eigenvalue weighted by molar-refractivity contribution is 6.16. The van der Waals surface area contributed by atoms with Crippen molar-refractivity contribution in [2.45, 2.75) is 27.7 Å². The van der Waals surface area contributed by atoms with Gasteiger partial charge in [-0.1, -0.05) is 164 Å². The molecule has 4 heteroatoms. The average molecular weight is 977 g/mol. The second kappa shape index (κ2) is 18.7. The third-order valence-corrected chi connectivity index (χ3v) is 15.5. The maximum atomic E-state index is 14.7. The van der Waals surface area contributed by atoms with Crippen LogP contribution in [0.3, 0.4) is 0 Å². The van der Waals surface area contributed by atoms with Gasteiger partial charge >= 0.3 is 0 Å². The molecule has 4 nitrogen and oxygen atoms in total. The first-order chi connectivity index (χ1) is 37.2. The van der Waals surface area contributed by atoms with Crippen molar-refractivity contribution in [3.63, 3.8) is 0 Å². The molecule has 0 bridgehead atoms. The fourth-order valence-electron chi connectivity index (χ4n) is 11.6. The first-order valence-electron chi connectivity index (χ1n) is 26.0. The molecular weight excluding hydrogens is 925 g/mol. The second-order valence-electron chi connectivity index (χ2n) is 20.2. The van der Waals surface area contributed by atoms with Crippen molar-refractivity contribution >= 4 is 55.2 Å². The van der Waals surface area contributed by atoms with Crippen LogP contribution in [-0.4, -0.2) is 20.7 Å². The number of aryl methyl sites for hydroxylation is 4. The molecule has 11 aromatic carbocycles. The van der Waals surface area contributed by atoms with Gasteiger partial charge in [-0.2, -0.15) is 0 Å². The molecule has 0 fully saturated rings. The molecule has 0 aliphatic rings. The molecule has 0 unspecified atom stereocenters. The van der Waals surface area contributed by atoms with Gasteiger partial charge in [0.1, 0.15) is 0 Å². The van der Waals surface area contributed by atoms with Crippen molar-refractivity contribution in [3.8, 4) is 55.9 Å². The van der Waals surface area contributed by atoms with Crippen LogP contribution in [0, 0.1) is 27.7 Å². The third kappa shape index (κ3) is 7.94. The molecule has 2 aromatic heterocycles. The second-order valence-corrected chi connectivity index (χ2v) is 20.2. The zero-order chi connectivity index (χ0) is 51.6. The summed E-state index contributed by atoms with van der Waals surface area (Å²) in [4.78, 5) is 29.3. The maximum absolute atomic E-state index is 14.7. The van der Waals surface area contributed by atoms with Crippen LogP contribution in [0.4, 0.5) is 0 Å². The quantitative estimate of drug-likeness (QED) is 0.128. The summed E-state index contributed by atoms with van der Waals surface area (Å²) in [5, 5.41) is 4.54. The number of fused-ring (bicyclic) bond motifs is 6. The van der Waals surface area contributed by atoms with Crippen molar-refractivity contribution < 1.29 is 9.59 Å². The normalized spacial score (nSPS) is 11.5. The minimum atomic E-state index is -0.157. The molecule has 0 saturated carbocycles. The van der Waals surface area contributed by atoms with E-state index >= 15 is 0 Å². The Labute approximate surface area is 442 Å². The number of carbonyl (C=O) groups is 2. The van der Waals surface area contributed by atoms with E-state index in [1.165, 1.54) is 44.5 Å². The Morgan fingerprint density at radius 3 is 0.816 bits per heavy atom. The van der Waals surface area contributed by atoms with Gasteiger partial charge in [0.2, 0.25) is 0 Å². The first kappa shape index (κ1) is 46.2. The zero-order valence-electron chi connectivity index (χ0n) is 42.8. The van der Waals surface area contributed by atoms with E-state index in [4.69, 9.17) is 0 Å². The van der Waals surface area contributed by atoms with Gasteiger partial charge in [0, 0.05) is 55.2 Å². The van der Waals surface area contributed by atoms with Gasteiger partial charge in [0.25, 0.3) is 0 Å². The number of nitrogens with zero attached hydrogens (tertiary/aromatic N) is 2. The predicted octanol–water partition coefficient (Wildman–Crippen LogP) is 18.2. The topological polar surface area (TPSA) is 44.0 Å². The summed E-state index contributed by atoms with van der Waals surface area (Å²) < 4.78 is 4.53. The summed E-state index contributed by atoms with van der Waals surface area (Å²) in [7, 11) is 0. The lowest BCUT2D eigenvalue weighted by Crippen LogP contribution is -2.07. The van der Waals surface area contributed by atoms with E-state index < -0.39 is 0 Å². The Hall–Kier alpha value is -9.64. The van der Waals surface area contributed by atoms with Crippen LogP contribution in [0.5, 0.6) is 0 Å². The van der Waals surface area contributed by atoms with Gasteiger partial charge in [0.15, 0.2) is 11.6 Å². The van der Waals surface area contributed by atoms with Crippen LogP contribution in [-0.2, 0) is 0 Å². The van der Waals surface area contributed by atoms with Gasteiger partial charge in [-0.3, -0.25) is 9.59 Å².